The zero-order valence-electron chi connectivity index (χ0n) is 11.0. The van der Waals surface area contributed by atoms with Gasteiger partial charge in [-0.2, -0.15) is 5.10 Å². The van der Waals surface area contributed by atoms with Gasteiger partial charge in [0.25, 0.3) is 0 Å². The lowest BCUT2D eigenvalue weighted by Gasteiger charge is -2.32. The molecule has 1 saturated carbocycles. The van der Waals surface area contributed by atoms with Crippen LogP contribution in [0.25, 0.3) is 0 Å². The molecule has 7 nitrogen and oxygen atoms in total. The molecule has 2 unspecified atom stereocenters. The Labute approximate surface area is 111 Å². The van der Waals surface area contributed by atoms with Gasteiger partial charge in [-0.25, -0.2) is 0 Å². The van der Waals surface area contributed by atoms with Crippen molar-refractivity contribution in [3.63, 3.8) is 0 Å². The smallest absolute Gasteiger partial charge is 0.306 e. The zero-order valence-corrected chi connectivity index (χ0v) is 11.0. The molecule has 106 valence electrons. The summed E-state index contributed by atoms with van der Waals surface area (Å²) in [7, 11) is 0. The highest BCUT2D eigenvalue weighted by Crippen LogP contribution is 2.29. The standard InChI is InChI=1S/C12H20N4O3/c1-9(10-3-2-4-10)13-6-12(17)8-15-7-11(5-14-15)16(18)19/h5,7,9-10,12-13,17H,2-4,6,8H2,1H3. The number of nitrogens with one attached hydrogen (secondary N) is 1. The molecule has 0 bridgehead atoms. The number of rotatable bonds is 7. The van der Waals surface area contributed by atoms with E-state index in [1.165, 1.54) is 36.3 Å². The van der Waals surface area contributed by atoms with Crippen molar-refractivity contribution in [1.82, 2.24) is 15.1 Å². The molecule has 1 fully saturated rings. The van der Waals surface area contributed by atoms with E-state index in [9.17, 15) is 15.2 Å². The molecule has 0 saturated heterocycles. The highest BCUT2D eigenvalue weighted by Gasteiger charge is 2.23. The van der Waals surface area contributed by atoms with E-state index >= 15 is 0 Å². The summed E-state index contributed by atoms with van der Waals surface area (Å²) in [5.74, 6) is 0.720. The first-order valence-electron chi connectivity index (χ1n) is 6.64. The van der Waals surface area contributed by atoms with Crippen LogP contribution >= 0.6 is 0 Å². The van der Waals surface area contributed by atoms with E-state index in [1.807, 2.05) is 0 Å². The summed E-state index contributed by atoms with van der Waals surface area (Å²) in [6.07, 6.45) is 5.75. The summed E-state index contributed by atoms with van der Waals surface area (Å²) in [5.41, 5.74) is -0.0528. The first kappa shape index (κ1) is 14.0. The molecule has 0 spiro atoms. The van der Waals surface area contributed by atoms with Crippen LogP contribution in [0, 0.1) is 16.0 Å². The van der Waals surface area contributed by atoms with Crippen molar-refractivity contribution >= 4 is 5.69 Å². The van der Waals surface area contributed by atoms with Crippen molar-refractivity contribution in [3.8, 4) is 0 Å². The van der Waals surface area contributed by atoms with E-state index < -0.39 is 11.0 Å². The summed E-state index contributed by atoms with van der Waals surface area (Å²) in [4.78, 5) is 10.0. The molecular weight excluding hydrogens is 248 g/mol. The Morgan fingerprint density at radius 1 is 1.68 bits per heavy atom. The lowest BCUT2D eigenvalue weighted by molar-refractivity contribution is -0.385. The fraction of sp³-hybridized carbons (Fsp3) is 0.750. The number of nitrogens with zero attached hydrogens (tertiary/aromatic N) is 3. The van der Waals surface area contributed by atoms with Crippen LogP contribution in [0.3, 0.4) is 0 Å². The van der Waals surface area contributed by atoms with Crippen LogP contribution in [0.4, 0.5) is 5.69 Å². The second kappa shape index (κ2) is 6.12. The molecule has 2 rings (SSSR count). The quantitative estimate of drug-likeness (QED) is 0.567. The molecule has 1 aromatic heterocycles. The van der Waals surface area contributed by atoms with Crippen molar-refractivity contribution in [1.29, 1.82) is 0 Å². The lowest BCUT2D eigenvalue weighted by Crippen LogP contribution is -2.41. The average Bonchev–Trinajstić information content (AvgIpc) is 2.72. The van der Waals surface area contributed by atoms with Gasteiger partial charge in [-0.3, -0.25) is 14.8 Å². The monoisotopic (exact) mass is 268 g/mol. The maximum absolute atomic E-state index is 10.5. The van der Waals surface area contributed by atoms with Crippen LogP contribution in [-0.4, -0.2) is 38.5 Å². The Morgan fingerprint density at radius 3 is 2.95 bits per heavy atom. The number of aliphatic hydroxyl groups is 1. The average molecular weight is 268 g/mol. The van der Waals surface area contributed by atoms with Gasteiger partial charge in [-0.15, -0.1) is 0 Å². The van der Waals surface area contributed by atoms with Gasteiger partial charge < -0.3 is 10.4 Å². The van der Waals surface area contributed by atoms with Crippen molar-refractivity contribution in [2.24, 2.45) is 5.92 Å². The van der Waals surface area contributed by atoms with E-state index in [0.29, 0.717) is 12.6 Å². The normalized spacial score (nSPS) is 18.8. The number of aliphatic hydroxyl groups excluding tert-OH is 1. The van der Waals surface area contributed by atoms with Crippen LogP contribution in [0.2, 0.25) is 0 Å². The van der Waals surface area contributed by atoms with Crippen molar-refractivity contribution < 1.29 is 10.0 Å². The van der Waals surface area contributed by atoms with Crippen LogP contribution in [0.1, 0.15) is 26.2 Å². The van der Waals surface area contributed by atoms with Gasteiger partial charge in [-0.1, -0.05) is 6.42 Å². The first-order valence-corrected chi connectivity index (χ1v) is 6.64. The van der Waals surface area contributed by atoms with E-state index in [2.05, 4.69) is 17.3 Å². The fourth-order valence-corrected chi connectivity index (χ4v) is 2.26. The highest BCUT2D eigenvalue weighted by molar-refractivity contribution is 5.20. The summed E-state index contributed by atoms with van der Waals surface area (Å²) >= 11 is 0. The Kier molecular flexibility index (Phi) is 4.49. The molecule has 1 aliphatic carbocycles. The minimum absolute atomic E-state index is 0.0528. The number of hydrogen-bond acceptors (Lipinski definition) is 5. The van der Waals surface area contributed by atoms with Gasteiger partial charge in [-0.05, 0) is 25.7 Å². The molecule has 1 aromatic rings. The van der Waals surface area contributed by atoms with Gasteiger partial charge in [0.15, 0.2) is 0 Å². The van der Waals surface area contributed by atoms with Gasteiger partial charge in [0.05, 0.1) is 17.6 Å². The molecule has 0 amide bonds. The first-order chi connectivity index (χ1) is 9.06. The number of aromatic nitrogens is 2. The van der Waals surface area contributed by atoms with E-state index in [0.717, 1.165) is 5.92 Å². The predicted octanol–water partition coefficient (Wildman–Crippen LogP) is 0.930. The van der Waals surface area contributed by atoms with Crippen LogP contribution in [0.15, 0.2) is 12.4 Å². The Morgan fingerprint density at radius 2 is 2.42 bits per heavy atom. The molecule has 1 aliphatic rings. The minimum Gasteiger partial charge on any atom is -0.390 e. The molecule has 1 heterocycles. The summed E-state index contributed by atoms with van der Waals surface area (Å²) in [6, 6.07) is 0.412. The van der Waals surface area contributed by atoms with Gasteiger partial charge in [0, 0.05) is 12.6 Å². The summed E-state index contributed by atoms with van der Waals surface area (Å²) in [6.45, 7) is 2.87. The van der Waals surface area contributed by atoms with E-state index in [-0.39, 0.29) is 12.2 Å². The third kappa shape index (κ3) is 3.74. The second-order valence-corrected chi connectivity index (χ2v) is 5.22. The second-order valence-electron chi connectivity index (χ2n) is 5.22. The third-order valence-corrected chi connectivity index (χ3v) is 3.76. The van der Waals surface area contributed by atoms with E-state index in [1.54, 1.807) is 0 Å². The molecule has 0 aromatic carbocycles. The molecular formula is C12H20N4O3. The summed E-state index contributed by atoms with van der Waals surface area (Å²) in [5, 5.41) is 27.5. The van der Waals surface area contributed by atoms with Crippen molar-refractivity contribution in [3.05, 3.63) is 22.5 Å². The molecule has 7 heteroatoms. The summed E-state index contributed by atoms with van der Waals surface area (Å²) < 4.78 is 1.40. The van der Waals surface area contributed by atoms with Crippen molar-refractivity contribution in [2.45, 2.75) is 44.9 Å². The largest absolute Gasteiger partial charge is 0.390 e. The maximum atomic E-state index is 10.5. The Bertz CT molecular complexity index is 430. The predicted molar refractivity (Wildman–Crippen MR) is 69.7 cm³/mol. The maximum Gasteiger partial charge on any atom is 0.306 e. The SMILES string of the molecule is CC(NCC(O)Cn1cc([N+](=O)[O-])cn1)C1CCC1. The number of hydrogen-bond donors (Lipinski definition) is 2. The molecule has 0 aliphatic heterocycles. The van der Waals surface area contributed by atoms with Gasteiger partial charge in [0.1, 0.15) is 12.4 Å². The molecule has 19 heavy (non-hydrogen) atoms. The zero-order chi connectivity index (χ0) is 13.8. The molecule has 0 radical (unpaired) electrons. The Balaban J connectivity index is 1.73. The van der Waals surface area contributed by atoms with Crippen LogP contribution in [-0.2, 0) is 6.54 Å². The highest BCUT2D eigenvalue weighted by atomic mass is 16.6. The van der Waals surface area contributed by atoms with Gasteiger partial charge in [0.2, 0.25) is 0 Å². The molecule has 2 N–H and O–H groups in total. The lowest BCUT2D eigenvalue weighted by atomic mass is 9.80. The molecule has 2 atom stereocenters. The third-order valence-electron chi connectivity index (χ3n) is 3.76. The van der Waals surface area contributed by atoms with Crippen LogP contribution < -0.4 is 5.32 Å². The minimum atomic E-state index is -0.595. The van der Waals surface area contributed by atoms with Gasteiger partial charge >= 0.3 is 5.69 Å². The van der Waals surface area contributed by atoms with Crippen LogP contribution in [0.5, 0.6) is 0 Å². The Hall–Kier alpha value is -1.47. The van der Waals surface area contributed by atoms with Crippen molar-refractivity contribution in [2.75, 3.05) is 6.54 Å². The topological polar surface area (TPSA) is 93.2 Å². The number of nitro groups is 1. The van der Waals surface area contributed by atoms with E-state index in [4.69, 9.17) is 0 Å². The fourth-order valence-electron chi connectivity index (χ4n) is 2.26.